The number of benzene rings is 1. The van der Waals surface area contributed by atoms with E-state index in [2.05, 4.69) is 20.2 Å². The van der Waals surface area contributed by atoms with Crippen molar-refractivity contribution in [3.63, 3.8) is 0 Å². The number of halogens is 1. The molecule has 3 aromatic rings. The molecule has 0 bridgehead atoms. The monoisotopic (exact) mass is 600 g/mol. The lowest BCUT2D eigenvalue weighted by atomic mass is 10.0. The number of likely N-dealkylation sites (N-methyl/N-ethyl adjacent to an activating group) is 1. The van der Waals surface area contributed by atoms with Gasteiger partial charge in [0.15, 0.2) is 45.9 Å². The smallest absolute Gasteiger partial charge is 0.277 e. The molecule has 2 amide bonds. The molecule has 0 saturated carbocycles. The van der Waals surface area contributed by atoms with Crippen LogP contribution < -0.4 is 26.1 Å². The Kier molecular flexibility index (Phi) is 9.84. The summed E-state index contributed by atoms with van der Waals surface area (Å²) in [7, 11) is 2.03. The highest BCUT2D eigenvalue weighted by Crippen LogP contribution is 2.28. The van der Waals surface area contributed by atoms with Gasteiger partial charge in [0, 0.05) is 44.7 Å². The normalized spacial score (nSPS) is 13.9. The molecule has 1 aromatic carbocycles. The predicted molar refractivity (Wildman–Crippen MR) is 159 cm³/mol. The number of nitrogens with two attached hydrogens (primary N) is 2. The molecule has 2 aromatic heterocycles. The van der Waals surface area contributed by atoms with Crippen molar-refractivity contribution in [1.29, 1.82) is 0 Å². The predicted octanol–water partition coefficient (Wildman–Crippen LogP) is 1.64. The number of piperazine rings is 1. The SMILES string of the molecule is CCCC(=O)c1cc2c(cc1OCC(=O)N1CCN(C)CC1)[n+](CC)c(CNC(=O)c1nc(Cl)c(N)nc1N)n2CC. The number of nitrogen functional groups attached to an aromatic ring is 2. The van der Waals surface area contributed by atoms with Crippen LogP contribution in [0.4, 0.5) is 11.6 Å². The van der Waals surface area contributed by atoms with Gasteiger partial charge in [0.2, 0.25) is 0 Å². The first-order chi connectivity index (χ1) is 20.1. The first kappa shape index (κ1) is 31.0. The Morgan fingerprint density at radius 3 is 2.43 bits per heavy atom. The van der Waals surface area contributed by atoms with E-state index in [-0.39, 0.29) is 47.3 Å². The van der Waals surface area contributed by atoms with Gasteiger partial charge in [-0.25, -0.2) is 19.1 Å². The Morgan fingerprint density at radius 2 is 1.79 bits per heavy atom. The van der Waals surface area contributed by atoms with Gasteiger partial charge in [-0.3, -0.25) is 14.4 Å². The number of nitrogens with zero attached hydrogens (tertiary/aromatic N) is 6. The third-order valence-electron chi connectivity index (χ3n) is 7.43. The van der Waals surface area contributed by atoms with E-state index < -0.39 is 5.91 Å². The third kappa shape index (κ3) is 6.41. The number of carbonyl (C=O) groups excluding carboxylic acids is 3. The lowest BCUT2D eigenvalue weighted by Gasteiger charge is -2.32. The zero-order chi connectivity index (χ0) is 30.6. The molecule has 4 rings (SSSR count). The van der Waals surface area contributed by atoms with Crippen LogP contribution in [-0.4, -0.2) is 81.8 Å². The van der Waals surface area contributed by atoms with Crippen LogP contribution in [0.3, 0.4) is 0 Å². The summed E-state index contributed by atoms with van der Waals surface area (Å²) in [6.07, 6.45) is 1.03. The molecular formula is C28H39ClN9O4+. The van der Waals surface area contributed by atoms with E-state index in [9.17, 15) is 14.4 Å². The van der Waals surface area contributed by atoms with E-state index in [0.29, 0.717) is 50.3 Å². The lowest BCUT2D eigenvalue weighted by molar-refractivity contribution is -0.676. The molecule has 0 spiro atoms. The van der Waals surface area contributed by atoms with Crippen molar-refractivity contribution in [2.24, 2.45) is 0 Å². The number of imidazole rings is 1. The first-order valence-electron chi connectivity index (χ1n) is 14.2. The maximum Gasteiger partial charge on any atom is 0.277 e. The average Bonchev–Trinajstić information content (AvgIpc) is 3.27. The number of Topliss-reactive ketones (excluding diaryl/α,β-unsaturated/α-hetero) is 1. The van der Waals surface area contributed by atoms with Crippen molar-refractivity contribution in [3.05, 3.63) is 34.4 Å². The Balaban J connectivity index is 1.67. The van der Waals surface area contributed by atoms with Crippen LogP contribution in [-0.2, 0) is 24.4 Å². The zero-order valence-electron chi connectivity index (χ0n) is 24.6. The van der Waals surface area contributed by atoms with Crippen LogP contribution in [0.2, 0.25) is 5.15 Å². The number of aromatic nitrogens is 4. The van der Waals surface area contributed by atoms with Crippen LogP contribution >= 0.6 is 11.6 Å². The molecular weight excluding hydrogens is 562 g/mol. The van der Waals surface area contributed by atoms with Crippen LogP contribution in [0, 0.1) is 0 Å². The van der Waals surface area contributed by atoms with Crippen LogP contribution in [0.15, 0.2) is 12.1 Å². The summed E-state index contributed by atoms with van der Waals surface area (Å²) in [5.41, 5.74) is 13.4. The van der Waals surface area contributed by atoms with Gasteiger partial charge >= 0.3 is 0 Å². The van der Waals surface area contributed by atoms with Gasteiger partial charge < -0.3 is 31.3 Å². The van der Waals surface area contributed by atoms with Crippen molar-refractivity contribution < 1.29 is 23.7 Å². The third-order valence-corrected chi connectivity index (χ3v) is 7.70. The summed E-state index contributed by atoms with van der Waals surface area (Å²) >= 11 is 5.96. The molecule has 13 nitrogen and oxygen atoms in total. The van der Waals surface area contributed by atoms with Crippen molar-refractivity contribution >= 4 is 51.9 Å². The first-order valence-corrected chi connectivity index (χ1v) is 14.5. The number of amides is 2. The minimum atomic E-state index is -0.553. The van der Waals surface area contributed by atoms with Gasteiger partial charge in [-0.1, -0.05) is 18.5 Å². The summed E-state index contributed by atoms with van der Waals surface area (Å²) in [6, 6.07) is 3.65. The highest BCUT2D eigenvalue weighted by atomic mass is 35.5. The van der Waals surface area contributed by atoms with E-state index in [0.717, 1.165) is 29.9 Å². The van der Waals surface area contributed by atoms with Crippen molar-refractivity contribution in [2.75, 3.05) is 51.3 Å². The Bertz CT molecular complexity index is 1500. The zero-order valence-corrected chi connectivity index (χ0v) is 25.3. The number of carbonyl (C=O) groups is 3. The van der Waals surface area contributed by atoms with Crippen LogP contribution in [0.1, 0.15) is 60.3 Å². The molecule has 0 unspecified atom stereocenters. The van der Waals surface area contributed by atoms with Crippen molar-refractivity contribution in [1.82, 2.24) is 29.7 Å². The molecule has 0 atom stereocenters. The van der Waals surface area contributed by atoms with Gasteiger partial charge in [0.05, 0.1) is 18.7 Å². The molecule has 42 heavy (non-hydrogen) atoms. The summed E-state index contributed by atoms with van der Waals surface area (Å²) in [5, 5.41) is 2.74. The molecule has 5 N–H and O–H groups in total. The second-order valence-corrected chi connectivity index (χ2v) is 10.6. The molecule has 226 valence electrons. The highest BCUT2D eigenvalue weighted by Gasteiger charge is 2.29. The molecule has 1 aliphatic heterocycles. The van der Waals surface area contributed by atoms with E-state index in [1.54, 1.807) is 4.90 Å². The maximum absolute atomic E-state index is 13.2. The number of hydrogen-bond donors (Lipinski definition) is 3. The minimum Gasteiger partial charge on any atom is -0.483 e. The van der Waals surface area contributed by atoms with E-state index in [1.807, 2.05) is 49.1 Å². The second-order valence-electron chi connectivity index (χ2n) is 10.2. The number of aryl methyl sites for hydroxylation is 2. The fourth-order valence-electron chi connectivity index (χ4n) is 5.15. The molecule has 1 saturated heterocycles. The van der Waals surface area contributed by atoms with Crippen molar-refractivity contribution in [2.45, 2.75) is 53.2 Å². The molecule has 1 aliphatic rings. The molecule has 1 fully saturated rings. The Labute approximate surface area is 249 Å². The fraction of sp³-hybridized carbons (Fsp3) is 0.500. The number of ether oxygens (including phenoxy) is 1. The van der Waals surface area contributed by atoms with Gasteiger partial charge in [-0.05, 0) is 27.3 Å². The molecule has 3 heterocycles. The van der Waals surface area contributed by atoms with Gasteiger partial charge in [-0.2, -0.15) is 0 Å². The standard InChI is InChI=1S/C28H38ClN9O4/c1-5-8-20(39)17-13-18-19(14-21(17)42-16-23(40)36-11-9-35(4)10-12-36)38(7-3)22(37(18)6-2)15-32-28(41)24-26(30)34-27(31)25(29)33-24/h13-14H,5-12,15-16H2,1-4H3,(H4-,30,31,32,34,41)/p+1. The Morgan fingerprint density at radius 1 is 1.07 bits per heavy atom. The maximum atomic E-state index is 13.2. The van der Waals surface area contributed by atoms with Gasteiger partial charge in [0.1, 0.15) is 12.3 Å². The number of rotatable bonds is 11. The van der Waals surface area contributed by atoms with E-state index in [4.69, 9.17) is 27.8 Å². The topological polar surface area (TPSA) is 166 Å². The summed E-state index contributed by atoms with van der Waals surface area (Å²) in [4.78, 5) is 50.9. The van der Waals surface area contributed by atoms with Gasteiger partial charge in [0.25, 0.3) is 17.6 Å². The second kappa shape index (κ2) is 13.3. The fourth-order valence-corrected chi connectivity index (χ4v) is 5.27. The minimum absolute atomic E-state index is 0.0579. The van der Waals surface area contributed by atoms with Gasteiger partial charge in [-0.15, -0.1) is 0 Å². The van der Waals surface area contributed by atoms with E-state index >= 15 is 0 Å². The summed E-state index contributed by atoms with van der Waals surface area (Å²) in [6.45, 7) is 9.95. The molecule has 14 heteroatoms. The molecule has 0 radical (unpaired) electrons. The summed E-state index contributed by atoms with van der Waals surface area (Å²) < 4.78 is 10.1. The molecule has 0 aliphatic carbocycles. The van der Waals surface area contributed by atoms with Crippen LogP contribution in [0.5, 0.6) is 5.75 Å². The summed E-state index contributed by atoms with van der Waals surface area (Å²) in [5.74, 6) is 0.253. The van der Waals surface area contributed by atoms with E-state index in [1.165, 1.54) is 0 Å². The number of nitrogens with one attached hydrogen (secondary N) is 1. The lowest BCUT2D eigenvalue weighted by Crippen LogP contribution is -2.48. The average molecular weight is 601 g/mol. The largest absolute Gasteiger partial charge is 0.483 e. The highest BCUT2D eigenvalue weighted by molar-refractivity contribution is 6.31. The van der Waals surface area contributed by atoms with Crippen molar-refractivity contribution in [3.8, 4) is 5.75 Å². The number of fused-ring (bicyclic) bond motifs is 1. The number of anilines is 2. The number of hydrogen-bond acceptors (Lipinski definition) is 9. The quantitative estimate of drug-likeness (QED) is 0.219. The Hall–Kier alpha value is -3.97. The number of ketones is 1. The van der Waals surface area contributed by atoms with Crippen LogP contribution in [0.25, 0.3) is 11.0 Å².